The fraction of sp³-hybridized carbons (Fsp3) is 0.381. The van der Waals surface area contributed by atoms with Crippen molar-refractivity contribution in [1.29, 1.82) is 0 Å². The van der Waals surface area contributed by atoms with Crippen molar-refractivity contribution in [1.82, 2.24) is 15.3 Å². The van der Waals surface area contributed by atoms with E-state index >= 15 is 0 Å². The van der Waals surface area contributed by atoms with Gasteiger partial charge in [0.05, 0.1) is 10.4 Å². The summed E-state index contributed by atoms with van der Waals surface area (Å²) in [5.41, 5.74) is 0.709. The number of sulfone groups is 1. The zero-order valence-electron chi connectivity index (χ0n) is 16.7. The van der Waals surface area contributed by atoms with Crippen molar-refractivity contribution in [3.8, 4) is 0 Å². The molecule has 1 saturated heterocycles. The largest absolute Gasteiger partial charge is 0.356 e. The first-order chi connectivity index (χ1) is 14.4. The lowest BCUT2D eigenvalue weighted by Gasteiger charge is -2.32. The minimum Gasteiger partial charge on any atom is -0.356 e. The Morgan fingerprint density at radius 2 is 2.03 bits per heavy atom. The van der Waals surface area contributed by atoms with Crippen molar-refractivity contribution in [2.75, 3.05) is 30.8 Å². The maximum Gasteiger partial charge on any atom is 0.223 e. The van der Waals surface area contributed by atoms with E-state index in [-0.39, 0.29) is 16.7 Å². The third-order valence-electron chi connectivity index (χ3n) is 5.43. The van der Waals surface area contributed by atoms with Gasteiger partial charge in [0.2, 0.25) is 5.91 Å². The zero-order chi connectivity index (χ0) is 21.1. The molecule has 0 spiro atoms. The second-order valence-corrected chi connectivity index (χ2v) is 10.6. The minimum absolute atomic E-state index is 0.00994. The molecule has 158 valence electrons. The normalized spacial score (nSPS) is 15.4. The molecule has 1 amide bonds. The molecule has 1 fully saturated rings. The van der Waals surface area contributed by atoms with E-state index in [1.807, 2.05) is 11.4 Å². The fourth-order valence-electron chi connectivity index (χ4n) is 3.77. The standard InChI is InChI=1S/C21H24N4O3S2/c1-30(27,28)17-4-5-19-18(13-17)20(24-14-23-19)25-10-7-15(8-11-25)21(26)22-9-6-16-3-2-12-29-16/h2-5,12-15H,6-11H2,1H3,(H,22,26). The van der Waals surface area contributed by atoms with Crippen molar-refractivity contribution in [2.45, 2.75) is 24.2 Å². The van der Waals surface area contributed by atoms with Crippen LogP contribution in [0.2, 0.25) is 0 Å². The average molecular weight is 445 g/mol. The molecule has 7 nitrogen and oxygen atoms in total. The van der Waals surface area contributed by atoms with Crippen LogP contribution in [0.4, 0.5) is 5.82 Å². The third kappa shape index (κ3) is 4.62. The quantitative estimate of drug-likeness (QED) is 0.628. The lowest BCUT2D eigenvalue weighted by molar-refractivity contribution is -0.125. The highest BCUT2D eigenvalue weighted by atomic mass is 32.2. The number of hydrogen-bond donors (Lipinski definition) is 1. The van der Waals surface area contributed by atoms with Gasteiger partial charge in [-0.1, -0.05) is 6.07 Å². The average Bonchev–Trinajstić information content (AvgIpc) is 3.26. The van der Waals surface area contributed by atoms with Crippen LogP contribution in [-0.2, 0) is 21.1 Å². The van der Waals surface area contributed by atoms with Crippen LogP contribution in [0.3, 0.4) is 0 Å². The minimum atomic E-state index is -3.31. The van der Waals surface area contributed by atoms with Crippen LogP contribution in [0.5, 0.6) is 0 Å². The van der Waals surface area contributed by atoms with Gasteiger partial charge in [0.15, 0.2) is 9.84 Å². The summed E-state index contributed by atoms with van der Waals surface area (Å²) in [6.07, 6.45) is 5.03. The van der Waals surface area contributed by atoms with E-state index in [9.17, 15) is 13.2 Å². The van der Waals surface area contributed by atoms with Gasteiger partial charge in [0.25, 0.3) is 0 Å². The Balaban J connectivity index is 1.41. The van der Waals surface area contributed by atoms with Gasteiger partial charge >= 0.3 is 0 Å². The van der Waals surface area contributed by atoms with Crippen molar-refractivity contribution in [3.05, 3.63) is 46.9 Å². The molecule has 1 N–H and O–H groups in total. The van der Waals surface area contributed by atoms with Crippen LogP contribution in [-0.4, -0.2) is 50.2 Å². The monoisotopic (exact) mass is 444 g/mol. The number of fused-ring (bicyclic) bond motifs is 1. The number of piperidine rings is 1. The Morgan fingerprint density at radius 3 is 2.73 bits per heavy atom. The number of nitrogens with zero attached hydrogens (tertiary/aromatic N) is 3. The lowest BCUT2D eigenvalue weighted by Crippen LogP contribution is -2.41. The van der Waals surface area contributed by atoms with Crippen LogP contribution < -0.4 is 10.2 Å². The molecule has 0 bridgehead atoms. The van der Waals surface area contributed by atoms with Gasteiger partial charge in [-0.15, -0.1) is 11.3 Å². The molecular formula is C21H24N4O3S2. The summed E-state index contributed by atoms with van der Waals surface area (Å²) in [4.78, 5) is 24.8. The summed E-state index contributed by atoms with van der Waals surface area (Å²) < 4.78 is 23.9. The van der Waals surface area contributed by atoms with Gasteiger partial charge in [-0.05, 0) is 48.9 Å². The molecule has 0 saturated carbocycles. The van der Waals surface area contributed by atoms with Crippen LogP contribution in [0.15, 0.2) is 46.9 Å². The van der Waals surface area contributed by atoms with E-state index in [4.69, 9.17) is 0 Å². The number of carbonyl (C=O) groups excluding carboxylic acids is 1. The van der Waals surface area contributed by atoms with E-state index < -0.39 is 9.84 Å². The molecule has 1 aliphatic heterocycles. The summed E-state index contributed by atoms with van der Waals surface area (Å²) in [6, 6.07) is 9.03. The number of carbonyl (C=O) groups is 1. The second kappa shape index (κ2) is 8.69. The maximum absolute atomic E-state index is 12.5. The Kier molecular flexibility index (Phi) is 6.01. The summed E-state index contributed by atoms with van der Waals surface area (Å²) in [6.45, 7) is 2.04. The number of rotatable bonds is 6. The molecule has 1 aliphatic rings. The highest BCUT2D eigenvalue weighted by Gasteiger charge is 2.26. The molecule has 2 aromatic heterocycles. The molecule has 30 heavy (non-hydrogen) atoms. The molecule has 1 aromatic carbocycles. The van der Waals surface area contributed by atoms with Gasteiger partial charge in [-0.3, -0.25) is 4.79 Å². The van der Waals surface area contributed by atoms with Crippen LogP contribution >= 0.6 is 11.3 Å². The molecule has 9 heteroatoms. The van der Waals surface area contributed by atoms with Crippen molar-refractivity contribution >= 4 is 43.8 Å². The maximum atomic E-state index is 12.5. The van der Waals surface area contributed by atoms with E-state index in [0.29, 0.717) is 25.2 Å². The predicted molar refractivity (Wildman–Crippen MR) is 119 cm³/mol. The Hall–Kier alpha value is -2.52. The predicted octanol–water partition coefficient (Wildman–Crippen LogP) is 2.67. The van der Waals surface area contributed by atoms with Gasteiger partial charge in [0, 0.05) is 42.1 Å². The smallest absolute Gasteiger partial charge is 0.223 e. The SMILES string of the molecule is CS(=O)(=O)c1ccc2ncnc(N3CCC(C(=O)NCCc4cccs4)CC3)c2c1. The molecule has 0 radical (unpaired) electrons. The summed E-state index contributed by atoms with van der Waals surface area (Å²) in [5, 5.41) is 5.82. The molecule has 3 aromatic rings. The van der Waals surface area contributed by atoms with Gasteiger partial charge < -0.3 is 10.2 Å². The van der Waals surface area contributed by atoms with E-state index in [1.165, 1.54) is 17.5 Å². The van der Waals surface area contributed by atoms with Crippen molar-refractivity contribution in [2.24, 2.45) is 5.92 Å². The Labute approximate surface area is 180 Å². The van der Waals surface area contributed by atoms with Crippen molar-refractivity contribution in [3.63, 3.8) is 0 Å². The van der Waals surface area contributed by atoms with Gasteiger partial charge in [0.1, 0.15) is 12.1 Å². The van der Waals surface area contributed by atoms with E-state index in [1.54, 1.807) is 29.5 Å². The number of benzene rings is 1. The van der Waals surface area contributed by atoms with Crippen LogP contribution in [0.1, 0.15) is 17.7 Å². The summed E-state index contributed by atoms with van der Waals surface area (Å²) in [7, 11) is -3.31. The lowest BCUT2D eigenvalue weighted by atomic mass is 9.95. The van der Waals surface area contributed by atoms with Crippen LogP contribution in [0, 0.1) is 5.92 Å². The summed E-state index contributed by atoms with van der Waals surface area (Å²) in [5.74, 6) is 0.824. The Morgan fingerprint density at radius 1 is 1.23 bits per heavy atom. The molecule has 4 rings (SSSR count). The topological polar surface area (TPSA) is 92.3 Å². The molecule has 3 heterocycles. The first-order valence-electron chi connectivity index (χ1n) is 9.91. The van der Waals surface area contributed by atoms with Crippen molar-refractivity contribution < 1.29 is 13.2 Å². The first-order valence-corrected chi connectivity index (χ1v) is 12.7. The number of amides is 1. The Bertz CT molecular complexity index is 1140. The highest BCUT2D eigenvalue weighted by molar-refractivity contribution is 7.90. The summed E-state index contributed by atoms with van der Waals surface area (Å²) >= 11 is 1.70. The van der Waals surface area contributed by atoms with Crippen LogP contribution in [0.25, 0.3) is 10.9 Å². The number of thiophene rings is 1. The third-order valence-corrected chi connectivity index (χ3v) is 7.48. The second-order valence-electron chi connectivity index (χ2n) is 7.53. The number of anilines is 1. The van der Waals surface area contributed by atoms with E-state index in [0.717, 1.165) is 30.5 Å². The first kappa shape index (κ1) is 20.7. The van der Waals surface area contributed by atoms with E-state index in [2.05, 4.69) is 26.3 Å². The zero-order valence-corrected chi connectivity index (χ0v) is 18.4. The molecule has 0 atom stereocenters. The molecule has 0 aliphatic carbocycles. The molecular weight excluding hydrogens is 420 g/mol. The fourth-order valence-corrected chi connectivity index (χ4v) is 5.12. The number of nitrogens with one attached hydrogen (secondary N) is 1. The van der Waals surface area contributed by atoms with Gasteiger partial charge in [-0.2, -0.15) is 0 Å². The molecule has 0 unspecified atom stereocenters. The number of aromatic nitrogens is 2. The number of hydrogen-bond acceptors (Lipinski definition) is 7. The highest BCUT2D eigenvalue weighted by Crippen LogP contribution is 2.29. The van der Waals surface area contributed by atoms with Gasteiger partial charge in [-0.25, -0.2) is 18.4 Å².